The lowest BCUT2D eigenvalue weighted by Crippen LogP contribution is -2.19. The molecule has 2 unspecified atom stereocenters. The molecule has 0 fully saturated rings. The molecule has 0 bridgehead atoms. The highest BCUT2D eigenvalue weighted by molar-refractivity contribution is 4.70. The van der Waals surface area contributed by atoms with Gasteiger partial charge in [-0.1, -0.05) is 111 Å². The molecule has 0 radical (unpaired) electrons. The summed E-state index contributed by atoms with van der Waals surface area (Å²) >= 11 is 0. The lowest BCUT2D eigenvalue weighted by molar-refractivity contribution is 0.148. The molecule has 0 aliphatic rings. The van der Waals surface area contributed by atoms with Gasteiger partial charge in [0.15, 0.2) is 0 Å². The van der Waals surface area contributed by atoms with E-state index in [-0.39, 0.29) is 0 Å². The van der Waals surface area contributed by atoms with Crippen molar-refractivity contribution in [3.8, 4) is 0 Å². The maximum absolute atomic E-state index is 9.80. The maximum Gasteiger partial charge on any atom is 0.0461 e. The average molecular weight is 313 g/mol. The van der Waals surface area contributed by atoms with E-state index in [1.54, 1.807) is 0 Å². The van der Waals surface area contributed by atoms with Crippen LogP contribution in [0.1, 0.15) is 117 Å². The van der Waals surface area contributed by atoms with E-state index in [4.69, 9.17) is 0 Å². The first-order chi connectivity index (χ1) is 10.8. The summed E-state index contributed by atoms with van der Waals surface area (Å²) in [7, 11) is 0. The van der Waals surface area contributed by atoms with E-state index in [1.165, 1.54) is 96.3 Å². The van der Waals surface area contributed by atoms with Crippen LogP contribution in [0.15, 0.2) is 0 Å². The summed E-state index contributed by atoms with van der Waals surface area (Å²) in [5.74, 6) is 1.34. The van der Waals surface area contributed by atoms with Crippen molar-refractivity contribution in [3.05, 3.63) is 0 Å². The monoisotopic (exact) mass is 312 g/mol. The summed E-state index contributed by atoms with van der Waals surface area (Å²) in [6, 6.07) is 0. The minimum Gasteiger partial charge on any atom is -0.396 e. The highest BCUT2D eigenvalue weighted by Crippen LogP contribution is 2.28. The number of rotatable bonds is 17. The molecule has 0 aliphatic heterocycles. The third-order valence-electron chi connectivity index (χ3n) is 5.17. The van der Waals surface area contributed by atoms with Gasteiger partial charge in [0.25, 0.3) is 0 Å². The normalized spacial score (nSPS) is 14.2. The average Bonchev–Trinajstić information content (AvgIpc) is 2.53. The van der Waals surface area contributed by atoms with Gasteiger partial charge in [-0.2, -0.15) is 0 Å². The first-order valence-corrected chi connectivity index (χ1v) is 10.4. The molecule has 1 N–H and O–H groups in total. The molecule has 22 heavy (non-hydrogen) atoms. The number of aliphatic hydroxyl groups is 1. The van der Waals surface area contributed by atoms with Gasteiger partial charge >= 0.3 is 0 Å². The molecule has 134 valence electrons. The van der Waals surface area contributed by atoms with Gasteiger partial charge in [-0.15, -0.1) is 0 Å². The number of hydrogen-bond donors (Lipinski definition) is 1. The lowest BCUT2D eigenvalue weighted by atomic mass is 9.81. The third-order valence-corrected chi connectivity index (χ3v) is 5.17. The van der Waals surface area contributed by atoms with Gasteiger partial charge in [0.1, 0.15) is 0 Å². The molecule has 0 aromatic carbocycles. The molecule has 0 saturated heterocycles. The lowest BCUT2D eigenvalue weighted by Gasteiger charge is -2.25. The van der Waals surface area contributed by atoms with Gasteiger partial charge in [-0.3, -0.25) is 0 Å². The zero-order valence-electron chi connectivity index (χ0n) is 15.9. The van der Waals surface area contributed by atoms with Crippen LogP contribution in [0.2, 0.25) is 0 Å². The van der Waals surface area contributed by atoms with E-state index in [2.05, 4.69) is 20.8 Å². The first kappa shape index (κ1) is 22.0. The van der Waals surface area contributed by atoms with Crippen LogP contribution in [0.25, 0.3) is 0 Å². The van der Waals surface area contributed by atoms with Crippen LogP contribution in [0.4, 0.5) is 0 Å². The van der Waals surface area contributed by atoms with Crippen LogP contribution in [0.5, 0.6) is 0 Å². The molecule has 0 aliphatic carbocycles. The number of unbranched alkanes of at least 4 members (excludes halogenated alkanes) is 9. The molecule has 0 aromatic heterocycles. The summed E-state index contributed by atoms with van der Waals surface area (Å²) in [6.45, 7) is 7.26. The second-order valence-electron chi connectivity index (χ2n) is 7.25. The van der Waals surface area contributed by atoms with Crippen LogP contribution < -0.4 is 0 Å². The van der Waals surface area contributed by atoms with Crippen molar-refractivity contribution < 1.29 is 5.11 Å². The minimum atomic E-state index is 0.411. The van der Waals surface area contributed by atoms with Gasteiger partial charge in [0.2, 0.25) is 0 Å². The fourth-order valence-electron chi connectivity index (χ4n) is 3.66. The topological polar surface area (TPSA) is 20.2 Å². The Morgan fingerprint density at radius 3 is 1.41 bits per heavy atom. The summed E-state index contributed by atoms with van der Waals surface area (Å²) in [5, 5.41) is 9.80. The van der Waals surface area contributed by atoms with Gasteiger partial charge in [0, 0.05) is 6.61 Å². The van der Waals surface area contributed by atoms with E-state index in [1.807, 2.05) is 0 Å². The van der Waals surface area contributed by atoms with E-state index in [0.717, 1.165) is 5.92 Å². The summed E-state index contributed by atoms with van der Waals surface area (Å²) in [4.78, 5) is 0. The van der Waals surface area contributed by atoms with Crippen LogP contribution in [-0.2, 0) is 0 Å². The Morgan fingerprint density at radius 1 is 0.500 bits per heavy atom. The quantitative estimate of drug-likeness (QED) is 0.283. The van der Waals surface area contributed by atoms with Crippen molar-refractivity contribution in [1.82, 2.24) is 0 Å². The zero-order valence-corrected chi connectivity index (χ0v) is 15.9. The molecular weight excluding hydrogens is 268 g/mol. The highest BCUT2D eigenvalue weighted by atomic mass is 16.3. The van der Waals surface area contributed by atoms with Crippen molar-refractivity contribution in [2.45, 2.75) is 117 Å². The standard InChI is InChI=1S/C21H44O/c1-4-7-9-11-13-15-18-21(19-22)20(16-6-3)17-14-12-10-8-5-2/h20-22H,4-19H2,1-3H3. The molecule has 1 nitrogen and oxygen atoms in total. The Morgan fingerprint density at radius 2 is 0.955 bits per heavy atom. The van der Waals surface area contributed by atoms with Crippen molar-refractivity contribution in [2.75, 3.05) is 6.61 Å². The van der Waals surface area contributed by atoms with Crippen molar-refractivity contribution in [1.29, 1.82) is 0 Å². The Hall–Kier alpha value is -0.0400. The smallest absolute Gasteiger partial charge is 0.0461 e. The second-order valence-corrected chi connectivity index (χ2v) is 7.25. The van der Waals surface area contributed by atoms with Gasteiger partial charge in [-0.25, -0.2) is 0 Å². The third kappa shape index (κ3) is 12.5. The van der Waals surface area contributed by atoms with E-state index >= 15 is 0 Å². The van der Waals surface area contributed by atoms with E-state index in [9.17, 15) is 5.11 Å². The predicted octanol–water partition coefficient (Wildman–Crippen LogP) is 7.12. The summed E-state index contributed by atoms with van der Waals surface area (Å²) in [6.07, 6.45) is 20.3. The van der Waals surface area contributed by atoms with Gasteiger partial charge in [0.05, 0.1) is 0 Å². The summed E-state index contributed by atoms with van der Waals surface area (Å²) in [5.41, 5.74) is 0. The molecule has 1 heteroatoms. The molecule has 0 amide bonds. The molecule has 2 atom stereocenters. The Labute approximate surface area is 141 Å². The Bertz CT molecular complexity index is 202. The second kappa shape index (κ2) is 17.3. The van der Waals surface area contributed by atoms with Gasteiger partial charge in [-0.05, 0) is 18.3 Å². The maximum atomic E-state index is 9.80. The summed E-state index contributed by atoms with van der Waals surface area (Å²) < 4.78 is 0. The SMILES string of the molecule is CCCCCCCCC(CO)C(CCC)CCCCCCC. The first-order valence-electron chi connectivity index (χ1n) is 10.4. The fourth-order valence-corrected chi connectivity index (χ4v) is 3.66. The number of hydrogen-bond acceptors (Lipinski definition) is 1. The van der Waals surface area contributed by atoms with Crippen LogP contribution in [0, 0.1) is 11.8 Å². The predicted molar refractivity (Wildman–Crippen MR) is 100 cm³/mol. The fraction of sp³-hybridized carbons (Fsp3) is 1.00. The van der Waals surface area contributed by atoms with Crippen molar-refractivity contribution in [2.24, 2.45) is 11.8 Å². The van der Waals surface area contributed by atoms with Crippen molar-refractivity contribution >= 4 is 0 Å². The molecule has 0 heterocycles. The van der Waals surface area contributed by atoms with Crippen LogP contribution in [0.3, 0.4) is 0 Å². The van der Waals surface area contributed by atoms with Gasteiger partial charge < -0.3 is 5.11 Å². The Kier molecular flexibility index (Phi) is 17.3. The molecule has 0 aromatic rings. The van der Waals surface area contributed by atoms with Crippen molar-refractivity contribution in [3.63, 3.8) is 0 Å². The highest BCUT2D eigenvalue weighted by Gasteiger charge is 2.19. The van der Waals surface area contributed by atoms with E-state index < -0.39 is 0 Å². The largest absolute Gasteiger partial charge is 0.396 e. The van der Waals surface area contributed by atoms with Crippen LogP contribution >= 0.6 is 0 Å². The molecule has 0 saturated carbocycles. The number of aliphatic hydroxyl groups excluding tert-OH is 1. The molecule has 0 rings (SSSR count). The van der Waals surface area contributed by atoms with Crippen LogP contribution in [-0.4, -0.2) is 11.7 Å². The molecular formula is C21H44O. The minimum absolute atomic E-state index is 0.411. The molecule has 0 spiro atoms. The zero-order chi connectivity index (χ0) is 16.5. The Balaban J connectivity index is 3.91. The van der Waals surface area contributed by atoms with E-state index in [0.29, 0.717) is 12.5 Å².